The van der Waals surface area contributed by atoms with Gasteiger partial charge in [-0.1, -0.05) is 65.7 Å². The number of rotatable bonds is 15. The zero-order valence-electron chi connectivity index (χ0n) is 15.0. The van der Waals surface area contributed by atoms with Crippen LogP contribution in [0.15, 0.2) is 0 Å². The molecule has 0 saturated heterocycles. The molecule has 21 heavy (non-hydrogen) atoms. The molecule has 126 valence electrons. The van der Waals surface area contributed by atoms with Crippen LogP contribution in [0.2, 0.25) is 0 Å². The molecule has 1 atom stereocenters. The van der Waals surface area contributed by atoms with Crippen LogP contribution >= 0.6 is 0 Å². The lowest BCUT2D eigenvalue weighted by molar-refractivity contribution is 0.223. The molecular formula is C19H40N2. The Morgan fingerprint density at radius 2 is 1.43 bits per heavy atom. The largest absolute Gasteiger partial charge is 0.330 e. The minimum atomic E-state index is 0.423. The third kappa shape index (κ3) is 10.1. The van der Waals surface area contributed by atoms with Crippen LogP contribution < -0.4 is 5.73 Å². The predicted molar refractivity (Wildman–Crippen MR) is 96.3 cm³/mol. The summed E-state index contributed by atoms with van der Waals surface area (Å²) in [7, 11) is 0. The molecule has 2 heteroatoms. The van der Waals surface area contributed by atoms with Crippen molar-refractivity contribution in [2.24, 2.45) is 11.1 Å². The number of nitrogens with one attached hydrogen (secondary N) is 1. The molecule has 0 saturated carbocycles. The quantitative estimate of drug-likeness (QED) is 0.279. The lowest BCUT2D eigenvalue weighted by Gasteiger charge is -2.31. The monoisotopic (exact) mass is 296 g/mol. The Labute approximate surface area is 133 Å². The van der Waals surface area contributed by atoms with Crippen LogP contribution in [0.25, 0.3) is 0 Å². The second-order valence-electron chi connectivity index (χ2n) is 6.74. The van der Waals surface area contributed by atoms with Gasteiger partial charge in [0.2, 0.25) is 0 Å². The Kier molecular flexibility index (Phi) is 13.1. The summed E-state index contributed by atoms with van der Waals surface area (Å²) in [6.45, 7) is 7.53. The first-order chi connectivity index (χ1) is 10.1. The molecule has 0 amide bonds. The van der Waals surface area contributed by atoms with E-state index in [9.17, 15) is 0 Å². The lowest BCUT2D eigenvalue weighted by atomic mass is 9.76. The highest BCUT2D eigenvalue weighted by atomic mass is 14.6. The van der Waals surface area contributed by atoms with E-state index in [1.165, 1.54) is 70.6 Å². The number of hydrogen-bond donors (Lipinski definition) is 2. The number of nitrogens with two attached hydrogens (primary N) is 1. The molecule has 0 aromatic carbocycles. The summed E-state index contributed by atoms with van der Waals surface area (Å²) in [6, 6.07) is 0. The molecule has 0 radical (unpaired) electrons. The van der Waals surface area contributed by atoms with Crippen LogP contribution in [-0.2, 0) is 0 Å². The van der Waals surface area contributed by atoms with Gasteiger partial charge in [0.05, 0.1) is 0 Å². The van der Waals surface area contributed by atoms with Crippen LogP contribution in [0, 0.1) is 10.8 Å². The second kappa shape index (κ2) is 13.3. The lowest BCUT2D eigenvalue weighted by Crippen LogP contribution is -2.29. The standard InChI is InChI=1S/C19H40N2/c1-4-7-15-19(6-3,17-20)16-13-11-9-8-10-12-14-18(21)5-2/h21H,4-17,20H2,1-3H3. The smallest absolute Gasteiger partial charge is 0.00864 e. The molecule has 0 aliphatic heterocycles. The minimum Gasteiger partial charge on any atom is -0.330 e. The molecule has 0 aromatic heterocycles. The zero-order valence-corrected chi connectivity index (χ0v) is 15.0. The van der Waals surface area contributed by atoms with Gasteiger partial charge in [0.15, 0.2) is 0 Å². The van der Waals surface area contributed by atoms with Crippen molar-refractivity contribution < 1.29 is 0 Å². The normalized spacial score (nSPS) is 14.1. The van der Waals surface area contributed by atoms with Crippen molar-refractivity contribution in [2.45, 2.75) is 104 Å². The van der Waals surface area contributed by atoms with Gasteiger partial charge < -0.3 is 11.1 Å². The predicted octanol–water partition coefficient (Wildman–Crippen LogP) is 6.08. The topological polar surface area (TPSA) is 49.9 Å². The van der Waals surface area contributed by atoms with Gasteiger partial charge in [-0.3, -0.25) is 0 Å². The molecule has 0 aliphatic rings. The fourth-order valence-corrected chi connectivity index (χ4v) is 3.10. The molecule has 0 aliphatic carbocycles. The Morgan fingerprint density at radius 3 is 1.95 bits per heavy atom. The van der Waals surface area contributed by atoms with E-state index in [0.29, 0.717) is 5.41 Å². The highest BCUT2D eigenvalue weighted by Crippen LogP contribution is 2.33. The number of unbranched alkanes of at least 4 members (excludes halogenated alkanes) is 6. The van der Waals surface area contributed by atoms with Gasteiger partial charge >= 0.3 is 0 Å². The summed E-state index contributed by atoms with van der Waals surface area (Å²) in [6.07, 6.45) is 16.3. The first kappa shape index (κ1) is 20.6. The van der Waals surface area contributed by atoms with Crippen LogP contribution in [0.4, 0.5) is 0 Å². The maximum absolute atomic E-state index is 7.64. The van der Waals surface area contributed by atoms with Gasteiger partial charge in [0.25, 0.3) is 0 Å². The molecule has 3 N–H and O–H groups in total. The van der Waals surface area contributed by atoms with Crippen LogP contribution in [0.3, 0.4) is 0 Å². The first-order valence-corrected chi connectivity index (χ1v) is 9.40. The Balaban J connectivity index is 3.64. The van der Waals surface area contributed by atoms with E-state index >= 15 is 0 Å². The summed E-state index contributed by atoms with van der Waals surface area (Å²) >= 11 is 0. The minimum absolute atomic E-state index is 0.423. The highest BCUT2D eigenvalue weighted by molar-refractivity contribution is 5.80. The zero-order chi connectivity index (χ0) is 16.0. The Hall–Kier alpha value is -0.370. The van der Waals surface area contributed by atoms with E-state index in [0.717, 1.165) is 25.1 Å². The third-order valence-electron chi connectivity index (χ3n) is 5.11. The maximum Gasteiger partial charge on any atom is 0.00864 e. The van der Waals surface area contributed by atoms with Crippen molar-refractivity contribution in [1.29, 1.82) is 5.41 Å². The summed E-state index contributed by atoms with van der Waals surface area (Å²) in [5, 5.41) is 7.64. The van der Waals surface area contributed by atoms with Crippen molar-refractivity contribution in [1.82, 2.24) is 0 Å². The Morgan fingerprint density at radius 1 is 0.857 bits per heavy atom. The summed E-state index contributed by atoms with van der Waals surface area (Å²) in [4.78, 5) is 0. The van der Waals surface area contributed by atoms with Crippen molar-refractivity contribution >= 4 is 5.71 Å². The van der Waals surface area contributed by atoms with Crippen LogP contribution in [0.5, 0.6) is 0 Å². The van der Waals surface area contributed by atoms with Crippen molar-refractivity contribution in [3.05, 3.63) is 0 Å². The van der Waals surface area contributed by atoms with Crippen molar-refractivity contribution in [2.75, 3.05) is 6.54 Å². The first-order valence-electron chi connectivity index (χ1n) is 9.40. The molecule has 0 heterocycles. The maximum atomic E-state index is 7.64. The average Bonchev–Trinajstić information content (AvgIpc) is 2.52. The van der Waals surface area contributed by atoms with Gasteiger partial charge in [-0.2, -0.15) is 0 Å². The van der Waals surface area contributed by atoms with Gasteiger partial charge in [-0.25, -0.2) is 0 Å². The van der Waals surface area contributed by atoms with Gasteiger partial charge in [0, 0.05) is 5.71 Å². The molecule has 2 nitrogen and oxygen atoms in total. The van der Waals surface area contributed by atoms with E-state index < -0.39 is 0 Å². The van der Waals surface area contributed by atoms with Crippen LogP contribution in [-0.4, -0.2) is 12.3 Å². The fraction of sp³-hybridized carbons (Fsp3) is 0.947. The van der Waals surface area contributed by atoms with Gasteiger partial charge in [-0.05, 0) is 50.5 Å². The second-order valence-corrected chi connectivity index (χ2v) is 6.74. The van der Waals surface area contributed by atoms with E-state index in [-0.39, 0.29) is 0 Å². The van der Waals surface area contributed by atoms with E-state index in [2.05, 4.69) is 20.8 Å². The molecular weight excluding hydrogens is 256 g/mol. The molecule has 1 unspecified atom stereocenters. The van der Waals surface area contributed by atoms with E-state index in [4.69, 9.17) is 11.1 Å². The summed E-state index contributed by atoms with van der Waals surface area (Å²) < 4.78 is 0. The molecule has 0 fully saturated rings. The number of hydrogen-bond acceptors (Lipinski definition) is 2. The van der Waals surface area contributed by atoms with Gasteiger partial charge in [-0.15, -0.1) is 0 Å². The van der Waals surface area contributed by atoms with Gasteiger partial charge in [0.1, 0.15) is 0 Å². The van der Waals surface area contributed by atoms with Crippen LogP contribution in [0.1, 0.15) is 104 Å². The summed E-state index contributed by atoms with van der Waals surface area (Å²) in [5.41, 5.74) is 7.40. The molecule has 0 spiro atoms. The Bertz CT molecular complexity index is 244. The molecule has 0 aromatic rings. The van der Waals surface area contributed by atoms with Crippen molar-refractivity contribution in [3.8, 4) is 0 Å². The van der Waals surface area contributed by atoms with E-state index in [1.807, 2.05) is 0 Å². The third-order valence-corrected chi connectivity index (χ3v) is 5.11. The van der Waals surface area contributed by atoms with Crippen molar-refractivity contribution in [3.63, 3.8) is 0 Å². The fourth-order valence-electron chi connectivity index (χ4n) is 3.10. The molecule has 0 bridgehead atoms. The highest BCUT2D eigenvalue weighted by Gasteiger charge is 2.24. The SMILES string of the molecule is CCCCC(CC)(CN)CCCCCCCCC(=N)CC. The average molecular weight is 297 g/mol. The van der Waals surface area contributed by atoms with E-state index in [1.54, 1.807) is 0 Å². The summed E-state index contributed by atoms with van der Waals surface area (Å²) in [5.74, 6) is 0. The molecule has 0 rings (SSSR count).